The predicted octanol–water partition coefficient (Wildman–Crippen LogP) is 2.56. The van der Waals surface area contributed by atoms with Crippen molar-refractivity contribution in [3.05, 3.63) is 62.7 Å². The summed E-state index contributed by atoms with van der Waals surface area (Å²) in [6, 6.07) is 1.98. The van der Waals surface area contributed by atoms with Gasteiger partial charge in [0, 0.05) is 6.07 Å². The van der Waals surface area contributed by atoms with Crippen LogP contribution in [0.3, 0.4) is 0 Å². The van der Waals surface area contributed by atoms with Crippen molar-refractivity contribution >= 4 is 17.6 Å². The molecule has 2 aromatic carbocycles. The molecule has 0 fully saturated rings. The Kier molecular flexibility index (Phi) is 4.77. The summed E-state index contributed by atoms with van der Waals surface area (Å²) in [5.74, 6) is -15.8. The number of nitro benzene ring substituents is 1. The molecule has 0 aliphatic carbocycles. The smallest absolute Gasteiger partial charge is 0.352 e. The van der Waals surface area contributed by atoms with E-state index in [4.69, 9.17) is 5.11 Å². The summed E-state index contributed by atoms with van der Waals surface area (Å²) in [6.45, 7) is 0. The second-order valence-electron chi connectivity index (χ2n) is 4.62. The maximum absolute atomic E-state index is 13.6. The van der Waals surface area contributed by atoms with Crippen molar-refractivity contribution in [3.63, 3.8) is 0 Å². The lowest BCUT2D eigenvalue weighted by atomic mass is 10.1. The van der Waals surface area contributed by atoms with Crippen LogP contribution in [-0.4, -0.2) is 27.1 Å². The fourth-order valence-corrected chi connectivity index (χ4v) is 1.79. The number of nitro groups is 1. The van der Waals surface area contributed by atoms with Gasteiger partial charge in [-0.05, 0) is 12.1 Å². The van der Waals surface area contributed by atoms with Gasteiger partial charge in [0.1, 0.15) is 5.56 Å². The Balaban J connectivity index is 2.39. The lowest BCUT2D eigenvalue weighted by Gasteiger charge is -2.08. The SMILES string of the molecule is O=C(OC(=O)c1c(F)c(F)c(O)c(F)c1F)c1ccc(O)c([N+](=O)[O-])c1. The van der Waals surface area contributed by atoms with E-state index in [1.807, 2.05) is 0 Å². The minimum Gasteiger partial charge on any atom is -0.503 e. The molecule has 136 valence electrons. The Labute approximate surface area is 140 Å². The molecule has 26 heavy (non-hydrogen) atoms. The Bertz CT molecular complexity index is 932. The predicted molar refractivity (Wildman–Crippen MR) is 72.4 cm³/mol. The topological polar surface area (TPSA) is 127 Å². The molecule has 0 saturated carbocycles. The zero-order valence-electron chi connectivity index (χ0n) is 12.1. The van der Waals surface area contributed by atoms with Crippen LogP contribution in [0.25, 0.3) is 0 Å². The zero-order chi connectivity index (χ0) is 19.8. The Morgan fingerprint density at radius 3 is 2.00 bits per heavy atom. The number of esters is 2. The van der Waals surface area contributed by atoms with Crippen LogP contribution in [-0.2, 0) is 4.74 Å². The van der Waals surface area contributed by atoms with Crippen LogP contribution >= 0.6 is 0 Å². The van der Waals surface area contributed by atoms with Gasteiger partial charge in [0.15, 0.2) is 23.1 Å². The number of nitrogens with zero attached hydrogens (tertiary/aromatic N) is 1. The molecule has 0 spiro atoms. The number of benzene rings is 2. The largest absolute Gasteiger partial charge is 0.503 e. The maximum atomic E-state index is 13.6. The summed E-state index contributed by atoms with van der Waals surface area (Å²) < 4.78 is 57.6. The van der Waals surface area contributed by atoms with Crippen molar-refractivity contribution in [2.24, 2.45) is 0 Å². The minimum atomic E-state index is -2.31. The van der Waals surface area contributed by atoms with E-state index in [1.165, 1.54) is 0 Å². The summed E-state index contributed by atoms with van der Waals surface area (Å²) >= 11 is 0. The maximum Gasteiger partial charge on any atom is 0.352 e. The molecule has 0 heterocycles. The van der Waals surface area contributed by atoms with Crippen molar-refractivity contribution in [1.29, 1.82) is 0 Å². The molecule has 0 saturated heterocycles. The molecule has 2 rings (SSSR count). The molecule has 8 nitrogen and oxygen atoms in total. The van der Waals surface area contributed by atoms with Crippen LogP contribution in [0.1, 0.15) is 20.7 Å². The van der Waals surface area contributed by atoms with Crippen LogP contribution in [0.15, 0.2) is 18.2 Å². The molecule has 12 heteroatoms. The van der Waals surface area contributed by atoms with E-state index < -0.39 is 68.4 Å². The Hall–Kier alpha value is -3.70. The fourth-order valence-electron chi connectivity index (χ4n) is 1.79. The molecule has 0 aliphatic heterocycles. The fraction of sp³-hybridized carbons (Fsp3) is 0. The normalized spacial score (nSPS) is 10.5. The number of hydrogen-bond donors (Lipinski definition) is 2. The van der Waals surface area contributed by atoms with Gasteiger partial charge in [-0.3, -0.25) is 10.1 Å². The number of carbonyl (C=O) groups excluding carboxylic acids is 2. The number of ether oxygens (including phenoxy) is 1. The molecular weight excluding hydrogens is 370 g/mol. The monoisotopic (exact) mass is 375 g/mol. The number of phenolic OH excluding ortho intramolecular Hbond substituents is 2. The summed E-state index contributed by atoms with van der Waals surface area (Å²) in [5, 5.41) is 28.7. The van der Waals surface area contributed by atoms with Crippen molar-refractivity contribution in [2.75, 3.05) is 0 Å². The minimum absolute atomic E-state index is 0.496. The summed E-state index contributed by atoms with van der Waals surface area (Å²) in [5.41, 5.74) is -3.55. The molecule has 0 radical (unpaired) electrons. The van der Waals surface area contributed by atoms with Gasteiger partial charge in [-0.15, -0.1) is 0 Å². The van der Waals surface area contributed by atoms with E-state index in [0.717, 1.165) is 6.07 Å². The average Bonchev–Trinajstić information content (AvgIpc) is 2.58. The molecular formula is C14H5F4NO7. The second-order valence-corrected chi connectivity index (χ2v) is 4.62. The lowest BCUT2D eigenvalue weighted by molar-refractivity contribution is -0.385. The number of rotatable bonds is 3. The van der Waals surface area contributed by atoms with Crippen molar-refractivity contribution in [1.82, 2.24) is 0 Å². The highest BCUT2D eigenvalue weighted by Gasteiger charge is 2.32. The third kappa shape index (κ3) is 3.11. The standard InChI is InChI=1S/C14H5F4NO7/c15-8-7(9(16)11(18)12(21)10(8)17)14(23)26-13(22)4-1-2-6(20)5(3-4)19(24)25/h1-3,20-21H. The average molecular weight is 375 g/mol. The van der Waals surface area contributed by atoms with E-state index in [0.29, 0.717) is 12.1 Å². The van der Waals surface area contributed by atoms with E-state index in [1.54, 1.807) is 0 Å². The Morgan fingerprint density at radius 1 is 0.962 bits per heavy atom. The molecule has 0 atom stereocenters. The van der Waals surface area contributed by atoms with Gasteiger partial charge in [-0.25, -0.2) is 18.4 Å². The van der Waals surface area contributed by atoms with Gasteiger partial charge in [0.05, 0.1) is 10.5 Å². The van der Waals surface area contributed by atoms with Gasteiger partial charge < -0.3 is 14.9 Å². The first-order chi connectivity index (χ1) is 12.1. The van der Waals surface area contributed by atoms with Crippen LogP contribution < -0.4 is 0 Å². The molecule has 0 bridgehead atoms. The van der Waals surface area contributed by atoms with Crippen molar-refractivity contribution < 1.29 is 47.0 Å². The second kappa shape index (κ2) is 6.66. The van der Waals surface area contributed by atoms with E-state index in [9.17, 15) is 42.4 Å². The third-order valence-corrected chi connectivity index (χ3v) is 3.04. The van der Waals surface area contributed by atoms with Crippen LogP contribution in [0, 0.1) is 33.4 Å². The van der Waals surface area contributed by atoms with Crippen LogP contribution in [0.5, 0.6) is 11.5 Å². The Morgan fingerprint density at radius 2 is 1.50 bits per heavy atom. The zero-order valence-corrected chi connectivity index (χ0v) is 12.1. The molecule has 2 N–H and O–H groups in total. The number of phenols is 2. The number of aromatic hydroxyl groups is 2. The molecule has 0 aromatic heterocycles. The molecule has 2 aromatic rings. The summed E-state index contributed by atoms with van der Waals surface area (Å²) in [6.07, 6.45) is 0. The van der Waals surface area contributed by atoms with Gasteiger partial charge >= 0.3 is 17.6 Å². The van der Waals surface area contributed by atoms with Crippen molar-refractivity contribution in [2.45, 2.75) is 0 Å². The third-order valence-electron chi connectivity index (χ3n) is 3.04. The first kappa shape index (κ1) is 18.6. The first-order valence-electron chi connectivity index (χ1n) is 6.35. The highest BCUT2D eigenvalue weighted by molar-refractivity contribution is 6.03. The lowest BCUT2D eigenvalue weighted by Crippen LogP contribution is -2.17. The number of halogens is 4. The summed E-state index contributed by atoms with van der Waals surface area (Å²) in [4.78, 5) is 33.0. The molecule has 0 aliphatic rings. The number of hydrogen-bond acceptors (Lipinski definition) is 7. The van der Waals surface area contributed by atoms with Gasteiger partial charge in [0.2, 0.25) is 11.6 Å². The van der Waals surface area contributed by atoms with Crippen molar-refractivity contribution in [3.8, 4) is 11.5 Å². The summed E-state index contributed by atoms with van der Waals surface area (Å²) in [7, 11) is 0. The number of carbonyl (C=O) groups is 2. The molecule has 0 unspecified atom stereocenters. The van der Waals surface area contributed by atoms with Gasteiger partial charge in [0.25, 0.3) is 0 Å². The van der Waals surface area contributed by atoms with Crippen LogP contribution in [0.2, 0.25) is 0 Å². The highest BCUT2D eigenvalue weighted by atomic mass is 19.2. The van der Waals surface area contributed by atoms with E-state index in [-0.39, 0.29) is 0 Å². The van der Waals surface area contributed by atoms with Gasteiger partial charge in [-0.2, -0.15) is 8.78 Å². The van der Waals surface area contributed by atoms with E-state index in [2.05, 4.69) is 4.74 Å². The first-order valence-corrected chi connectivity index (χ1v) is 6.35. The van der Waals surface area contributed by atoms with E-state index >= 15 is 0 Å². The van der Waals surface area contributed by atoms with Gasteiger partial charge in [-0.1, -0.05) is 0 Å². The van der Waals surface area contributed by atoms with Crippen LogP contribution in [0.4, 0.5) is 23.2 Å². The quantitative estimate of drug-likeness (QED) is 0.211. The molecule has 0 amide bonds. The highest BCUT2D eigenvalue weighted by Crippen LogP contribution is 2.30.